The summed E-state index contributed by atoms with van der Waals surface area (Å²) in [6.45, 7) is 6.10. The number of ether oxygens (including phenoxy) is 1. The van der Waals surface area contributed by atoms with Gasteiger partial charge < -0.3 is 8.92 Å². The van der Waals surface area contributed by atoms with Gasteiger partial charge >= 0.3 is 0 Å². The molecular formula is C16H19NO3S. The summed E-state index contributed by atoms with van der Waals surface area (Å²) in [7, 11) is 0. The molecular weight excluding hydrogens is 286 g/mol. The lowest BCUT2D eigenvalue weighted by molar-refractivity contribution is 0.308. The van der Waals surface area contributed by atoms with Crippen LogP contribution in [-0.2, 0) is 11.3 Å². The molecule has 1 N–H and O–H groups in total. The van der Waals surface area contributed by atoms with Crippen LogP contribution in [0.4, 0.5) is 0 Å². The summed E-state index contributed by atoms with van der Waals surface area (Å²) in [5.41, 5.74) is 3.35. The van der Waals surface area contributed by atoms with Crippen molar-refractivity contribution in [3.8, 4) is 11.5 Å². The van der Waals surface area contributed by atoms with Crippen LogP contribution in [-0.4, -0.2) is 10.9 Å². The van der Waals surface area contributed by atoms with Crippen LogP contribution in [0.5, 0.6) is 11.5 Å². The minimum absolute atomic E-state index is 0.113. The largest absolute Gasteiger partial charge is 0.477 e. The Hall–Kier alpha value is -1.85. The summed E-state index contributed by atoms with van der Waals surface area (Å²) in [5, 5.41) is 0. The highest BCUT2D eigenvalue weighted by Crippen LogP contribution is 2.18. The van der Waals surface area contributed by atoms with Gasteiger partial charge in [0.15, 0.2) is 6.73 Å². The molecule has 0 saturated carbocycles. The predicted molar refractivity (Wildman–Crippen MR) is 84.5 cm³/mol. The quantitative estimate of drug-likeness (QED) is 0.834. The van der Waals surface area contributed by atoms with E-state index in [1.165, 1.54) is 5.56 Å². The fraction of sp³-hybridized carbons (Fsp3) is 0.250. The molecule has 2 rings (SSSR count). The first kappa shape index (κ1) is 15.5. The zero-order valence-electron chi connectivity index (χ0n) is 12.4. The first-order chi connectivity index (χ1) is 10.0. The van der Waals surface area contributed by atoms with Crippen molar-refractivity contribution in [3.63, 3.8) is 0 Å². The van der Waals surface area contributed by atoms with Crippen LogP contribution in [0.2, 0.25) is 0 Å². The van der Waals surface area contributed by atoms with Gasteiger partial charge in [0.05, 0.1) is 0 Å². The van der Waals surface area contributed by atoms with E-state index in [1.54, 1.807) is 12.1 Å². The average molecular weight is 305 g/mol. The van der Waals surface area contributed by atoms with Crippen LogP contribution in [0.1, 0.15) is 16.7 Å². The fourth-order valence-electron chi connectivity index (χ4n) is 1.83. The standard InChI is InChI=1S/C16H19NO3S/c1-12-4-7-15(8-5-12)20-21(18)17-11-19-16-9-6-13(2)10-14(16)3/h4-10,17H,11H2,1-3H3. The average Bonchev–Trinajstić information content (AvgIpc) is 2.44. The molecule has 112 valence electrons. The van der Waals surface area contributed by atoms with Gasteiger partial charge in [-0.15, -0.1) is 0 Å². The molecule has 2 aromatic rings. The second-order valence-corrected chi connectivity index (χ2v) is 5.76. The van der Waals surface area contributed by atoms with Crippen molar-refractivity contribution in [2.75, 3.05) is 6.73 Å². The molecule has 4 nitrogen and oxygen atoms in total. The number of hydrogen-bond donors (Lipinski definition) is 1. The SMILES string of the molecule is Cc1ccc(OS(=O)NCOc2ccc(C)cc2C)cc1. The highest BCUT2D eigenvalue weighted by Gasteiger charge is 2.04. The highest BCUT2D eigenvalue weighted by atomic mass is 32.2. The van der Waals surface area contributed by atoms with Crippen LogP contribution in [0, 0.1) is 20.8 Å². The second-order valence-electron chi connectivity index (χ2n) is 4.83. The van der Waals surface area contributed by atoms with Gasteiger partial charge in [-0.3, -0.25) is 0 Å². The Balaban J connectivity index is 1.80. The minimum Gasteiger partial charge on any atom is -0.477 e. The smallest absolute Gasteiger partial charge is 0.290 e. The molecule has 2 aromatic carbocycles. The lowest BCUT2D eigenvalue weighted by Crippen LogP contribution is -2.26. The van der Waals surface area contributed by atoms with Crippen LogP contribution in [0.3, 0.4) is 0 Å². The van der Waals surface area contributed by atoms with Crippen LogP contribution in [0.15, 0.2) is 42.5 Å². The molecule has 0 aliphatic heterocycles. The molecule has 21 heavy (non-hydrogen) atoms. The molecule has 0 heterocycles. The molecule has 0 aliphatic carbocycles. The molecule has 0 saturated heterocycles. The van der Waals surface area contributed by atoms with E-state index in [-0.39, 0.29) is 6.73 Å². The molecule has 0 aromatic heterocycles. The van der Waals surface area contributed by atoms with Crippen molar-refractivity contribution in [3.05, 3.63) is 59.2 Å². The molecule has 0 radical (unpaired) electrons. The van der Waals surface area contributed by atoms with E-state index in [0.717, 1.165) is 16.9 Å². The Morgan fingerprint density at radius 3 is 2.33 bits per heavy atom. The van der Waals surface area contributed by atoms with Crippen molar-refractivity contribution in [1.29, 1.82) is 0 Å². The van der Waals surface area contributed by atoms with Gasteiger partial charge in [0.25, 0.3) is 11.3 Å². The minimum atomic E-state index is -1.64. The van der Waals surface area contributed by atoms with Gasteiger partial charge in [-0.1, -0.05) is 35.4 Å². The number of rotatable bonds is 6. The molecule has 0 aliphatic rings. The van der Waals surface area contributed by atoms with Crippen LogP contribution < -0.4 is 13.6 Å². The summed E-state index contributed by atoms with van der Waals surface area (Å²) >= 11 is -1.64. The number of hydrogen-bond acceptors (Lipinski definition) is 3. The van der Waals surface area contributed by atoms with Crippen molar-refractivity contribution < 1.29 is 13.1 Å². The zero-order chi connectivity index (χ0) is 15.2. The molecule has 0 bridgehead atoms. The third-order valence-electron chi connectivity index (χ3n) is 2.93. The number of benzene rings is 2. The molecule has 0 amide bonds. The third-order valence-corrected chi connectivity index (χ3v) is 3.63. The highest BCUT2D eigenvalue weighted by molar-refractivity contribution is 7.78. The lowest BCUT2D eigenvalue weighted by Gasteiger charge is -2.10. The maximum absolute atomic E-state index is 11.7. The van der Waals surface area contributed by atoms with Crippen LogP contribution in [0.25, 0.3) is 0 Å². The van der Waals surface area contributed by atoms with Gasteiger partial charge in [0, 0.05) is 0 Å². The van der Waals surface area contributed by atoms with Crippen molar-refractivity contribution >= 4 is 11.3 Å². The topological polar surface area (TPSA) is 47.6 Å². The van der Waals surface area contributed by atoms with Crippen LogP contribution >= 0.6 is 0 Å². The van der Waals surface area contributed by atoms with Gasteiger partial charge in [-0.05, 0) is 44.5 Å². The summed E-state index contributed by atoms with van der Waals surface area (Å²) in [4.78, 5) is 0. The summed E-state index contributed by atoms with van der Waals surface area (Å²) < 4.78 is 25.2. The number of nitrogens with one attached hydrogen (secondary N) is 1. The van der Waals surface area contributed by atoms with Gasteiger partial charge in [0.2, 0.25) is 0 Å². The van der Waals surface area contributed by atoms with E-state index in [1.807, 2.05) is 51.1 Å². The van der Waals surface area contributed by atoms with Gasteiger partial charge in [-0.2, -0.15) is 8.93 Å². The van der Waals surface area contributed by atoms with E-state index >= 15 is 0 Å². The summed E-state index contributed by atoms with van der Waals surface area (Å²) in [6.07, 6.45) is 0. The van der Waals surface area contributed by atoms with Gasteiger partial charge in [-0.25, -0.2) is 0 Å². The Bertz CT molecular complexity index is 626. The van der Waals surface area contributed by atoms with Crippen molar-refractivity contribution in [2.45, 2.75) is 20.8 Å². The monoisotopic (exact) mass is 305 g/mol. The van der Waals surface area contributed by atoms with Crippen molar-refractivity contribution in [2.24, 2.45) is 0 Å². The zero-order valence-corrected chi connectivity index (χ0v) is 13.2. The van der Waals surface area contributed by atoms with E-state index in [2.05, 4.69) is 4.72 Å². The van der Waals surface area contributed by atoms with E-state index in [0.29, 0.717) is 5.75 Å². The molecule has 0 spiro atoms. The molecule has 1 atom stereocenters. The number of aryl methyl sites for hydroxylation is 3. The molecule has 0 fully saturated rings. The van der Waals surface area contributed by atoms with Gasteiger partial charge in [0.1, 0.15) is 11.5 Å². The fourth-order valence-corrected chi connectivity index (χ4v) is 2.33. The van der Waals surface area contributed by atoms with E-state index in [4.69, 9.17) is 8.92 Å². The normalized spacial score (nSPS) is 12.0. The Morgan fingerprint density at radius 2 is 1.67 bits per heavy atom. The van der Waals surface area contributed by atoms with Crippen molar-refractivity contribution in [1.82, 2.24) is 4.72 Å². The predicted octanol–water partition coefficient (Wildman–Crippen LogP) is 3.20. The lowest BCUT2D eigenvalue weighted by atomic mass is 10.1. The maximum atomic E-state index is 11.7. The third kappa shape index (κ3) is 4.88. The Kier molecular flexibility index (Phi) is 5.36. The summed E-state index contributed by atoms with van der Waals surface area (Å²) in [6, 6.07) is 13.3. The second kappa shape index (κ2) is 7.24. The van der Waals surface area contributed by atoms with E-state index in [9.17, 15) is 4.21 Å². The molecule has 1 unspecified atom stereocenters. The molecule has 5 heteroatoms. The maximum Gasteiger partial charge on any atom is 0.290 e. The Labute approximate surface area is 127 Å². The Morgan fingerprint density at radius 1 is 1.00 bits per heavy atom. The summed E-state index contributed by atoms with van der Waals surface area (Å²) in [5.74, 6) is 1.32. The first-order valence-corrected chi connectivity index (χ1v) is 7.72. The van der Waals surface area contributed by atoms with E-state index < -0.39 is 11.3 Å². The first-order valence-electron chi connectivity index (χ1n) is 6.65.